The fourth-order valence-electron chi connectivity index (χ4n) is 4.91. The molecule has 0 radical (unpaired) electrons. The molecular weight excluding hydrogens is 458 g/mol. The Kier molecular flexibility index (Phi) is 7.99. The Hall–Kier alpha value is -3.32. The second kappa shape index (κ2) is 11.2. The van der Waals surface area contributed by atoms with Crippen molar-refractivity contribution in [3.8, 4) is 11.5 Å². The smallest absolute Gasteiger partial charge is 0.290 e. The first-order valence-electron chi connectivity index (χ1n) is 12.8. The van der Waals surface area contributed by atoms with E-state index in [1.807, 2.05) is 51.1 Å². The van der Waals surface area contributed by atoms with Gasteiger partial charge in [0, 0.05) is 13.2 Å². The van der Waals surface area contributed by atoms with Gasteiger partial charge in [-0.15, -0.1) is 0 Å². The van der Waals surface area contributed by atoms with Crippen molar-refractivity contribution in [3.05, 3.63) is 68.6 Å². The maximum Gasteiger partial charge on any atom is 0.290 e. The van der Waals surface area contributed by atoms with Gasteiger partial charge in [0.25, 0.3) is 5.91 Å². The molecule has 1 atom stereocenters. The number of amides is 1. The Labute approximate surface area is 211 Å². The number of rotatable bonds is 11. The van der Waals surface area contributed by atoms with Crippen molar-refractivity contribution in [3.63, 3.8) is 0 Å². The highest BCUT2D eigenvalue weighted by Crippen LogP contribution is 2.41. The minimum Gasteiger partial charge on any atom is -0.490 e. The number of hydrogen-bond acceptors (Lipinski definition) is 6. The highest BCUT2D eigenvalue weighted by molar-refractivity contribution is 5.99. The van der Waals surface area contributed by atoms with Crippen molar-refractivity contribution in [1.82, 2.24) is 4.90 Å². The van der Waals surface area contributed by atoms with E-state index in [9.17, 15) is 14.7 Å². The van der Waals surface area contributed by atoms with Crippen LogP contribution in [0.1, 0.15) is 78.4 Å². The van der Waals surface area contributed by atoms with Crippen LogP contribution in [-0.4, -0.2) is 42.3 Å². The molecular formula is C29H35NO6. The summed E-state index contributed by atoms with van der Waals surface area (Å²) < 4.78 is 18.0. The number of nitrogens with zero attached hydrogens (tertiary/aromatic N) is 1. The standard InChI is InChI=1S/C29H35NO6/c1-5-7-8-14-35-22-11-10-20(17-23(22)34-6-2)25-24-26(32)21-16-18(3)15-19(4)27(21)36-28(24)29(33)30(25)12-9-13-31/h10-11,15-17,25,31H,5-9,12-14H2,1-4H3. The largest absolute Gasteiger partial charge is 0.490 e. The first-order valence-corrected chi connectivity index (χ1v) is 12.8. The number of ether oxygens (including phenoxy) is 2. The Morgan fingerprint density at radius 1 is 1.00 bits per heavy atom. The Bertz CT molecular complexity index is 1310. The number of hydrogen-bond donors (Lipinski definition) is 1. The van der Waals surface area contributed by atoms with E-state index in [-0.39, 0.29) is 30.2 Å². The number of aryl methyl sites for hydroxylation is 2. The van der Waals surface area contributed by atoms with Crippen LogP contribution in [0, 0.1) is 13.8 Å². The van der Waals surface area contributed by atoms with Gasteiger partial charge in [-0.25, -0.2) is 0 Å². The molecule has 1 N–H and O–H groups in total. The fraction of sp³-hybridized carbons (Fsp3) is 0.448. The number of carbonyl (C=O) groups is 1. The summed E-state index contributed by atoms with van der Waals surface area (Å²) in [6, 6.07) is 8.67. The van der Waals surface area contributed by atoms with Gasteiger partial charge in [0.1, 0.15) is 5.58 Å². The van der Waals surface area contributed by atoms with E-state index < -0.39 is 6.04 Å². The van der Waals surface area contributed by atoms with Crippen molar-refractivity contribution < 1.29 is 23.8 Å². The summed E-state index contributed by atoms with van der Waals surface area (Å²) in [5, 5.41) is 9.94. The third-order valence-corrected chi connectivity index (χ3v) is 6.54. The van der Waals surface area contributed by atoms with Crippen molar-refractivity contribution in [2.75, 3.05) is 26.4 Å². The molecule has 3 aromatic rings. The molecule has 1 amide bonds. The van der Waals surface area contributed by atoms with Crippen LogP contribution in [0.5, 0.6) is 11.5 Å². The SMILES string of the molecule is CCCCCOc1ccc(C2c3c(oc4c(C)cc(C)cc4c3=O)C(=O)N2CCCO)cc1OCC. The molecule has 0 bridgehead atoms. The molecule has 2 aromatic carbocycles. The van der Waals surface area contributed by atoms with Gasteiger partial charge in [0.15, 0.2) is 16.9 Å². The first kappa shape index (κ1) is 25.8. The molecule has 1 aromatic heterocycles. The van der Waals surface area contributed by atoms with Crippen LogP contribution in [0.15, 0.2) is 39.5 Å². The summed E-state index contributed by atoms with van der Waals surface area (Å²) in [6.45, 7) is 9.12. The molecule has 0 fully saturated rings. The Morgan fingerprint density at radius 3 is 2.53 bits per heavy atom. The van der Waals surface area contributed by atoms with E-state index in [1.54, 1.807) is 4.90 Å². The molecule has 0 saturated carbocycles. The summed E-state index contributed by atoms with van der Waals surface area (Å²) in [6.07, 6.45) is 3.54. The van der Waals surface area contributed by atoms with Crippen LogP contribution in [0.25, 0.3) is 11.0 Å². The zero-order valence-electron chi connectivity index (χ0n) is 21.6. The summed E-state index contributed by atoms with van der Waals surface area (Å²) >= 11 is 0. The average molecular weight is 494 g/mol. The van der Waals surface area contributed by atoms with Crippen LogP contribution >= 0.6 is 0 Å². The van der Waals surface area contributed by atoms with Crippen molar-refractivity contribution in [2.45, 2.75) is 59.4 Å². The predicted molar refractivity (Wildman–Crippen MR) is 139 cm³/mol. The van der Waals surface area contributed by atoms with Gasteiger partial charge in [-0.3, -0.25) is 9.59 Å². The summed E-state index contributed by atoms with van der Waals surface area (Å²) in [4.78, 5) is 28.9. The highest BCUT2D eigenvalue weighted by Gasteiger charge is 2.42. The lowest BCUT2D eigenvalue weighted by molar-refractivity contribution is 0.0716. The van der Waals surface area contributed by atoms with Crippen molar-refractivity contribution >= 4 is 16.9 Å². The van der Waals surface area contributed by atoms with Gasteiger partial charge < -0.3 is 23.9 Å². The molecule has 1 aliphatic rings. The summed E-state index contributed by atoms with van der Waals surface area (Å²) in [5.41, 5.74) is 3.06. The van der Waals surface area contributed by atoms with E-state index in [1.165, 1.54) is 0 Å². The lowest BCUT2D eigenvalue weighted by Gasteiger charge is -2.25. The quantitative estimate of drug-likeness (QED) is 0.365. The number of aliphatic hydroxyl groups is 1. The molecule has 0 spiro atoms. The van der Waals surface area contributed by atoms with E-state index in [2.05, 4.69) is 6.92 Å². The lowest BCUT2D eigenvalue weighted by Crippen LogP contribution is -2.31. The maximum atomic E-state index is 13.8. The minimum atomic E-state index is -0.645. The van der Waals surface area contributed by atoms with E-state index >= 15 is 0 Å². The topological polar surface area (TPSA) is 89.2 Å². The monoisotopic (exact) mass is 493 g/mol. The number of unbranched alkanes of at least 4 members (excludes halogenated alkanes) is 2. The van der Waals surface area contributed by atoms with Crippen LogP contribution in [-0.2, 0) is 0 Å². The Balaban J connectivity index is 1.84. The number of fused-ring (bicyclic) bond motifs is 2. The molecule has 36 heavy (non-hydrogen) atoms. The third-order valence-electron chi connectivity index (χ3n) is 6.54. The minimum absolute atomic E-state index is 0.0662. The molecule has 7 nitrogen and oxygen atoms in total. The van der Waals surface area contributed by atoms with Gasteiger partial charge in [-0.1, -0.05) is 31.9 Å². The molecule has 4 rings (SSSR count). The first-order chi connectivity index (χ1) is 17.4. The summed E-state index contributed by atoms with van der Waals surface area (Å²) in [5.74, 6) is 0.937. The lowest BCUT2D eigenvalue weighted by atomic mass is 9.97. The molecule has 7 heteroatoms. The number of benzene rings is 2. The second-order valence-corrected chi connectivity index (χ2v) is 9.31. The number of aliphatic hydroxyl groups excluding tert-OH is 1. The molecule has 192 valence electrons. The maximum absolute atomic E-state index is 13.8. The molecule has 1 unspecified atom stereocenters. The molecule has 0 saturated heterocycles. The fourth-order valence-corrected chi connectivity index (χ4v) is 4.91. The van der Waals surface area contributed by atoms with Crippen LogP contribution < -0.4 is 14.9 Å². The third kappa shape index (κ3) is 4.85. The molecule has 1 aliphatic heterocycles. The van der Waals surface area contributed by atoms with Gasteiger partial charge in [0.05, 0.1) is 30.2 Å². The number of carbonyl (C=O) groups excluding carboxylic acids is 1. The van der Waals surface area contributed by atoms with Gasteiger partial charge in [-0.05, 0) is 68.5 Å². The Morgan fingerprint density at radius 2 is 1.81 bits per heavy atom. The normalized spacial score (nSPS) is 15.0. The predicted octanol–water partition coefficient (Wildman–Crippen LogP) is 5.31. The van der Waals surface area contributed by atoms with Crippen LogP contribution in [0.2, 0.25) is 0 Å². The van der Waals surface area contributed by atoms with Crippen LogP contribution in [0.3, 0.4) is 0 Å². The average Bonchev–Trinajstić information content (AvgIpc) is 3.14. The van der Waals surface area contributed by atoms with E-state index in [0.717, 1.165) is 36.0 Å². The summed E-state index contributed by atoms with van der Waals surface area (Å²) in [7, 11) is 0. The van der Waals surface area contributed by atoms with Gasteiger partial charge in [-0.2, -0.15) is 0 Å². The van der Waals surface area contributed by atoms with E-state index in [0.29, 0.717) is 47.7 Å². The second-order valence-electron chi connectivity index (χ2n) is 9.31. The molecule has 2 heterocycles. The van der Waals surface area contributed by atoms with Gasteiger partial charge >= 0.3 is 0 Å². The van der Waals surface area contributed by atoms with Crippen molar-refractivity contribution in [2.24, 2.45) is 0 Å². The van der Waals surface area contributed by atoms with E-state index in [4.69, 9.17) is 13.9 Å². The zero-order chi connectivity index (χ0) is 25.8. The molecule has 0 aliphatic carbocycles. The zero-order valence-corrected chi connectivity index (χ0v) is 21.6. The van der Waals surface area contributed by atoms with Crippen molar-refractivity contribution in [1.29, 1.82) is 0 Å². The highest BCUT2D eigenvalue weighted by atomic mass is 16.5. The van der Waals surface area contributed by atoms with Gasteiger partial charge in [0.2, 0.25) is 5.76 Å². The van der Waals surface area contributed by atoms with Crippen LogP contribution in [0.4, 0.5) is 0 Å².